The summed E-state index contributed by atoms with van der Waals surface area (Å²) < 4.78 is 5.14. The van der Waals surface area contributed by atoms with Crippen molar-refractivity contribution in [2.75, 3.05) is 12.4 Å². The molecular weight excluding hydrogens is 224 g/mol. The minimum absolute atomic E-state index is 0.691. The van der Waals surface area contributed by atoms with Gasteiger partial charge in [0.1, 0.15) is 5.75 Å². The lowest BCUT2D eigenvalue weighted by Gasteiger charge is -2.09. The van der Waals surface area contributed by atoms with E-state index in [9.17, 15) is 0 Å². The van der Waals surface area contributed by atoms with E-state index in [-0.39, 0.29) is 0 Å². The van der Waals surface area contributed by atoms with Gasteiger partial charge in [0, 0.05) is 25.0 Å². The maximum absolute atomic E-state index is 6.07. The number of rotatable bonds is 4. The fraction of sp³-hybridized carbons (Fsp3) is 0.167. The maximum atomic E-state index is 6.07. The van der Waals surface area contributed by atoms with Crippen molar-refractivity contribution in [2.24, 2.45) is 0 Å². The summed E-state index contributed by atoms with van der Waals surface area (Å²) in [5.74, 6) is 0.793. The van der Waals surface area contributed by atoms with E-state index in [1.807, 2.05) is 36.7 Å². The molecule has 2 rings (SSSR count). The van der Waals surface area contributed by atoms with Gasteiger partial charge in [0.2, 0.25) is 0 Å². The zero-order chi connectivity index (χ0) is 11.4. The molecule has 0 aliphatic rings. The molecule has 0 aliphatic carbocycles. The van der Waals surface area contributed by atoms with E-state index >= 15 is 0 Å². The van der Waals surface area contributed by atoms with Crippen LogP contribution in [0.2, 0.25) is 5.02 Å². The lowest BCUT2D eigenvalue weighted by molar-refractivity contribution is 0.415. The summed E-state index contributed by atoms with van der Waals surface area (Å²) in [5, 5.41) is 3.95. The molecule has 0 amide bonds. The number of methoxy groups -OCH3 is 1. The summed E-state index contributed by atoms with van der Waals surface area (Å²) in [7, 11) is 1.64. The number of halogens is 1. The van der Waals surface area contributed by atoms with Crippen LogP contribution in [0, 0.1) is 0 Å². The molecule has 84 valence electrons. The lowest BCUT2D eigenvalue weighted by Crippen LogP contribution is -1.99. The van der Waals surface area contributed by atoms with Crippen molar-refractivity contribution in [1.29, 1.82) is 0 Å². The molecule has 0 saturated carbocycles. The molecule has 2 aromatic rings. The van der Waals surface area contributed by atoms with E-state index in [0.29, 0.717) is 5.02 Å². The summed E-state index contributed by atoms with van der Waals surface area (Å²) in [6.45, 7) is 0.733. The van der Waals surface area contributed by atoms with Gasteiger partial charge in [-0.2, -0.15) is 0 Å². The van der Waals surface area contributed by atoms with Crippen LogP contribution in [-0.4, -0.2) is 12.1 Å². The molecule has 16 heavy (non-hydrogen) atoms. The highest BCUT2D eigenvalue weighted by atomic mass is 35.5. The molecule has 1 aromatic carbocycles. The minimum Gasteiger partial charge on any atom is -0.497 e. The highest BCUT2D eigenvalue weighted by Crippen LogP contribution is 2.26. The molecule has 0 atom stereocenters. The predicted molar refractivity (Wildman–Crippen MR) is 66.1 cm³/mol. The molecular formula is C12H13ClN2O. The van der Waals surface area contributed by atoms with Crippen LogP contribution in [0.1, 0.15) is 5.56 Å². The van der Waals surface area contributed by atoms with Gasteiger partial charge in [0.15, 0.2) is 0 Å². The Hall–Kier alpha value is -1.61. The van der Waals surface area contributed by atoms with E-state index in [2.05, 4.69) is 10.3 Å². The topological polar surface area (TPSA) is 37.0 Å². The van der Waals surface area contributed by atoms with Crippen molar-refractivity contribution in [2.45, 2.75) is 6.54 Å². The van der Waals surface area contributed by atoms with Gasteiger partial charge >= 0.3 is 0 Å². The van der Waals surface area contributed by atoms with E-state index < -0.39 is 0 Å². The number of anilines is 1. The molecule has 0 aliphatic heterocycles. The third kappa shape index (κ3) is 2.49. The van der Waals surface area contributed by atoms with Gasteiger partial charge < -0.3 is 15.0 Å². The van der Waals surface area contributed by atoms with Gasteiger partial charge in [0.25, 0.3) is 0 Å². The number of hydrogen-bond acceptors (Lipinski definition) is 2. The first-order chi connectivity index (χ1) is 7.79. The molecule has 0 fully saturated rings. The van der Waals surface area contributed by atoms with Crippen molar-refractivity contribution >= 4 is 17.3 Å². The molecule has 2 N–H and O–H groups in total. The Bertz CT molecular complexity index is 454. The second-order valence-corrected chi connectivity index (χ2v) is 3.83. The van der Waals surface area contributed by atoms with Gasteiger partial charge in [-0.3, -0.25) is 0 Å². The summed E-state index contributed by atoms with van der Waals surface area (Å²) in [6, 6.07) is 7.56. The van der Waals surface area contributed by atoms with Gasteiger partial charge in [-0.15, -0.1) is 0 Å². The SMILES string of the molecule is COc1ccc(Cl)c(NCc2cc[nH]c2)c1. The first kappa shape index (κ1) is 10.9. The number of benzene rings is 1. The standard InChI is InChI=1S/C12H13ClN2O/c1-16-10-2-3-11(13)12(6-10)15-8-9-4-5-14-7-9/h2-7,14-15H,8H2,1H3. The molecule has 0 bridgehead atoms. The van der Waals surface area contributed by atoms with E-state index in [1.54, 1.807) is 7.11 Å². The lowest BCUT2D eigenvalue weighted by atomic mass is 10.2. The van der Waals surface area contributed by atoms with Gasteiger partial charge in [0.05, 0.1) is 17.8 Å². The van der Waals surface area contributed by atoms with Crippen LogP contribution in [0.4, 0.5) is 5.69 Å². The second-order valence-electron chi connectivity index (χ2n) is 3.42. The number of aromatic amines is 1. The highest BCUT2D eigenvalue weighted by molar-refractivity contribution is 6.33. The summed E-state index contributed by atoms with van der Waals surface area (Å²) >= 11 is 6.07. The zero-order valence-corrected chi connectivity index (χ0v) is 9.71. The van der Waals surface area contributed by atoms with Crippen LogP contribution in [0.5, 0.6) is 5.75 Å². The first-order valence-electron chi connectivity index (χ1n) is 4.98. The first-order valence-corrected chi connectivity index (χ1v) is 5.36. The number of aromatic nitrogens is 1. The Kier molecular flexibility index (Phi) is 3.37. The number of H-pyrrole nitrogens is 1. The summed E-state index contributed by atoms with van der Waals surface area (Å²) in [6.07, 6.45) is 3.84. The van der Waals surface area contributed by atoms with Crippen molar-refractivity contribution < 1.29 is 4.74 Å². The molecule has 0 saturated heterocycles. The molecule has 0 spiro atoms. The Morgan fingerprint density at radius 3 is 2.94 bits per heavy atom. The third-order valence-corrected chi connectivity index (χ3v) is 2.65. The molecule has 3 nitrogen and oxygen atoms in total. The third-order valence-electron chi connectivity index (χ3n) is 2.32. The highest BCUT2D eigenvalue weighted by Gasteiger charge is 2.02. The van der Waals surface area contributed by atoms with E-state index in [0.717, 1.165) is 18.0 Å². The molecule has 1 aromatic heterocycles. The van der Waals surface area contributed by atoms with Crippen LogP contribution in [0.25, 0.3) is 0 Å². The monoisotopic (exact) mass is 236 g/mol. The smallest absolute Gasteiger partial charge is 0.121 e. The molecule has 0 unspecified atom stereocenters. The molecule has 0 radical (unpaired) electrons. The Balaban J connectivity index is 2.08. The van der Waals surface area contributed by atoms with Crippen LogP contribution >= 0.6 is 11.6 Å². The normalized spacial score (nSPS) is 10.1. The second kappa shape index (κ2) is 4.94. The maximum Gasteiger partial charge on any atom is 0.121 e. The predicted octanol–water partition coefficient (Wildman–Crippen LogP) is 3.29. The number of ether oxygens (including phenoxy) is 1. The van der Waals surface area contributed by atoms with Crippen LogP contribution in [0.15, 0.2) is 36.7 Å². The van der Waals surface area contributed by atoms with E-state index in [4.69, 9.17) is 16.3 Å². The molecule has 4 heteroatoms. The fourth-order valence-electron chi connectivity index (χ4n) is 1.43. The van der Waals surface area contributed by atoms with Gasteiger partial charge in [-0.05, 0) is 23.8 Å². The molecule has 1 heterocycles. The van der Waals surface area contributed by atoms with Crippen LogP contribution in [-0.2, 0) is 6.54 Å². The van der Waals surface area contributed by atoms with E-state index in [1.165, 1.54) is 5.56 Å². The van der Waals surface area contributed by atoms with Crippen LogP contribution < -0.4 is 10.1 Å². The average Bonchev–Trinajstić information content (AvgIpc) is 2.81. The van der Waals surface area contributed by atoms with Crippen molar-refractivity contribution in [3.8, 4) is 5.75 Å². The van der Waals surface area contributed by atoms with Gasteiger partial charge in [-0.1, -0.05) is 11.6 Å². The van der Waals surface area contributed by atoms with Crippen LogP contribution in [0.3, 0.4) is 0 Å². The fourth-order valence-corrected chi connectivity index (χ4v) is 1.62. The van der Waals surface area contributed by atoms with Crippen molar-refractivity contribution in [3.05, 3.63) is 47.2 Å². The summed E-state index contributed by atoms with van der Waals surface area (Å²) in [5.41, 5.74) is 2.06. The van der Waals surface area contributed by atoms with Gasteiger partial charge in [-0.25, -0.2) is 0 Å². The largest absolute Gasteiger partial charge is 0.497 e. The minimum atomic E-state index is 0.691. The van der Waals surface area contributed by atoms with Crippen molar-refractivity contribution in [3.63, 3.8) is 0 Å². The number of hydrogen-bond donors (Lipinski definition) is 2. The summed E-state index contributed by atoms with van der Waals surface area (Å²) in [4.78, 5) is 3.01. The Morgan fingerprint density at radius 2 is 2.25 bits per heavy atom. The number of nitrogens with one attached hydrogen (secondary N) is 2. The quantitative estimate of drug-likeness (QED) is 0.855. The Labute approximate surface area is 99.4 Å². The average molecular weight is 237 g/mol. The Morgan fingerprint density at radius 1 is 1.38 bits per heavy atom. The van der Waals surface area contributed by atoms with Crippen molar-refractivity contribution in [1.82, 2.24) is 4.98 Å². The zero-order valence-electron chi connectivity index (χ0n) is 8.96.